The summed E-state index contributed by atoms with van der Waals surface area (Å²) in [6.45, 7) is 1.91. The van der Waals surface area contributed by atoms with Gasteiger partial charge < -0.3 is 14.4 Å². The molecule has 0 amide bonds. The van der Waals surface area contributed by atoms with Crippen molar-refractivity contribution in [2.75, 3.05) is 0 Å². The van der Waals surface area contributed by atoms with Gasteiger partial charge in [-0.25, -0.2) is 0 Å². The minimum Gasteiger partial charge on any atom is -0.390 e. The molecule has 0 aliphatic carbocycles. The molecular weight excluding hydrogens is 300 g/mol. The molecule has 1 fully saturated rings. The van der Waals surface area contributed by atoms with Crippen molar-refractivity contribution in [2.45, 2.75) is 31.8 Å². The quantitative estimate of drug-likeness (QED) is 0.727. The van der Waals surface area contributed by atoms with Crippen molar-refractivity contribution in [1.82, 2.24) is 4.57 Å². The lowest BCUT2D eigenvalue weighted by molar-refractivity contribution is -0.00408. The van der Waals surface area contributed by atoms with Crippen LogP contribution in [0, 0.1) is 11.3 Å². The molecule has 2 aromatic carbocycles. The van der Waals surface area contributed by atoms with Crippen LogP contribution in [-0.2, 0) is 4.74 Å². The number of aliphatic hydroxyl groups is 1. The van der Waals surface area contributed by atoms with Crippen LogP contribution in [-0.4, -0.2) is 21.9 Å². The van der Waals surface area contributed by atoms with Crippen molar-refractivity contribution >= 4 is 27.9 Å². The molecule has 0 bridgehead atoms. The summed E-state index contributed by atoms with van der Waals surface area (Å²) in [5.74, 6) is 0. The Kier molecular flexibility index (Phi) is 3.61. The van der Waals surface area contributed by atoms with E-state index in [1.807, 2.05) is 37.3 Å². The molecule has 120 valence electrons. The molecule has 3 atom stereocenters. The van der Waals surface area contributed by atoms with Gasteiger partial charge in [0.05, 0.1) is 29.3 Å². The van der Waals surface area contributed by atoms with Crippen molar-refractivity contribution in [3.8, 4) is 6.07 Å². The molecule has 4 heteroatoms. The van der Waals surface area contributed by atoms with E-state index in [0.717, 1.165) is 27.4 Å². The Balaban J connectivity index is 1.95. The van der Waals surface area contributed by atoms with Crippen LogP contribution < -0.4 is 0 Å². The number of benzene rings is 2. The molecular formula is C20H18N2O2. The van der Waals surface area contributed by atoms with Crippen molar-refractivity contribution in [3.63, 3.8) is 0 Å². The average Bonchev–Trinajstić information content (AvgIpc) is 3.10. The molecule has 1 aliphatic heterocycles. The van der Waals surface area contributed by atoms with Gasteiger partial charge in [-0.3, -0.25) is 0 Å². The number of rotatable bonds is 2. The topological polar surface area (TPSA) is 58.2 Å². The Morgan fingerprint density at radius 1 is 1.21 bits per heavy atom. The number of hydrogen-bond acceptors (Lipinski definition) is 3. The normalized spacial score (nSPS) is 24.1. The molecule has 1 aliphatic rings. The molecule has 0 spiro atoms. The van der Waals surface area contributed by atoms with Crippen molar-refractivity contribution in [1.29, 1.82) is 5.26 Å². The van der Waals surface area contributed by atoms with Gasteiger partial charge in [-0.2, -0.15) is 5.26 Å². The average molecular weight is 318 g/mol. The highest BCUT2D eigenvalue weighted by Gasteiger charge is 2.33. The third-order valence-electron chi connectivity index (χ3n) is 4.73. The van der Waals surface area contributed by atoms with Gasteiger partial charge in [0.2, 0.25) is 0 Å². The smallest absolute Gasteiger partial charge is 0.137 e. The molecule has 4 nitrogen and oxygen atoms in total. The summed E-state index contributed by atoms with van der Waals surface area (Å²) in [6.07, 6.45) is 3.11. The number of aliphatic hydroxyl groups excluding tert-OH is 1. The Labute approximate surface area is 140 Å². The monoisotopic (exact) mass is 318 g/mol. The number of nitrogens with zero attached hydrogens (tertiary/aromatic N) is 2. The molecule has 1 aromatic heterocycles. The molecule has 1 saturated heterocycles. The lowest BCUT2D eigenvalue weighted by Gasteiger charge is -2.16. The predicted octanol–water partition coefficient (Wildman–Crippen LogP) is 4.00. The number of allylic oxidation sites excluding steroid dienone is 1. The van der Waals surface area contributed by atoms with Crippen LogP contribution in [0.4, 0.5) is 0 Å². The minimum absolute atomic E-state index is 0.163. The first-order valence-electron chi connectivity index (χ1n) is 8.11. The third kappa shape index (κ3) is 2.30. The summed E-state index contributed by atoms with van der Waals surface area (Å²) < 4.78 is 8.16. The van der Waals surface area contributed by atoms with E-state index in [1.165, 1.54) is 6.08 Å². The maximum atomic E-state index is 10.1. The zero-order valence-electron chi connectivity index (χ0n) is 13.4. The molecule has 24 heavy (non-hydrogen) atoms. The standard InChI is InChI=1S/C20H18N2O2/c1-13-19(23)12-20(24-13)22-17-7-3-2-6-15(17)16-11-14(5-4-10-21)8-9-18(16)22/h2-9,11,13,19-20,23H,12H2,1H3/b5-4+/t13?,19-,20-/m1/s1. The number of fused-ring (bicyclic) bond motifs is 3. The van der Waals surface area contributed by atoms with Crippen molar-refractivity contribution in [2.24, 2.45) is 0 Å². The molecule has 1 N–H and O–H groups in total. The predicted molar refractivity (Wildman–Crippen MR) is 94.3 cm³/mol. The highest BCUT2D eigenvalue weighted by molar-refractivity contribution is 6.08. The van der Waals surface area contributed by atoms with Crippen molar-refractivity contribution < 1.29 is 9.84 Å². The van der Waals surface area contributed by atoms with E-state index in [1.54, 1.807) is 0 Å². The number of aromatic nitrogens is 1. The Hall–Kier alpha value is -2.61. The van der Waals surface area contributed by atoms with Crippen LogP contribution in [0.5, 0.6) is 0 Å². The van der Waals surface area contributed by atoms with Gasteiger partial charge in [-0.1, -0.05) is 24.3 Å². The zero-order chi connectivity index (χ0) is 16.7. The van der Waals surface area contributed by atoms with E-state index in [4.69, 9.17) is 10.00 Å². The van der Waals surface area contributed by atoms with Gasteiger partial charge >= 0.3 is 0 Å². The fraction of sp³-hybridized carbons (Fsp3) is 0.250. The summed E-state index contributed by atoms with van der Waals surface area (Å²) in [6, 6.07) is 16.4. The maximum absolute atomic E-state index is 10.1. The third-order valence-corrected chi connectivity index (χ3v) is 4.73. The summed E-state index contributed by atoms with van der Waals surface area (Å²) in [5.41, 5.74) is 3.17. The van der Waals surface area contributed by atoms with Gasteiger partial charge in [0, 0.05) is 23.3 Å². The molecule has 3 aromatic rings. The molecule has 0 saturated carbocycles. The van der Waals surface area contributed by atoms with Gasteiger partial charge in [-0.15, -0.1) is 0 Å². The van der Waals surface area contributed by atoms with E-state index in [2.05, 4.69) is 28.8 Å². The number of para-hydroxylation sites is 1. The minimum atomic E-state index is -0.441. The van der Waals surface area contributed by atoms with Crippen LogP contribution in [0.2, 0.25) is 0 Å². The Morgan fingerprint density at radius 2 is 2.00 bits per heavy atom. The van der Waals surface area contributed by atoms with Crippen LogP contribution in [0.1, 0.15) is 25.1 Å². The number of nitriles is 1. The summed E-state index contributed by atoms with van der Waals surface area (Å²) >= 11 is 0. The van der Waals surface area contributed by atoms with E-state index in [9.17, 15) is 5.11 Å². The van der Waals surface area contributed by atoms with E-state index >= 15 is 0 Å². The summed E-state index contributed by atoms with van der Waals surface area (Å²) in [5, 5.41) is 21.1. The van der Waals surface area contributed by atoms with Crippen LogP contribution >= 0.6 is 0 Å². The number of ether oxygens (including phenoxy) is 1. The van der Waals surface area contributed by atoms with E-state index in [-0.39, 0.29) is 12.3 Å². The second-order valence-electron chi connectivity index (χ2n) is 6.23. The first-order chi connectivity index (χ1) is 11.7. The lowest BCUT2D eigenvalue weighted by atomic mass is 10.1. The van der Waals surface area contributed by atoms with Crippen LogP contribution in [0.3, 0.4) is 0 Å². The van der Waals surface area contributed by atoms with Gasteiger partial charge in [0.15, 0.2) is 0 Å². The highest BCUT2D eigenvalue weighted by atomic mass is 16.5. The van der Waals surface area contributed by atoms with Crippen LogP contribution in [0.25, 0.3) is 27.9 Å². The summed E-state index contributed by atoms with van der Waals surface area (Å²) in [7, 11) is 0. The molecule has 2 heterocycles. The fourth-order valence-corrected chi connectivity index (χ4v) is 3.53. The van der Waals surface area contributed by atoms with Gasteiger partial charge in [0.25, 0.3) is 0 Å². The molecule has 0 radical (unpaired) electrons. The molecule has 1 unspecified atom stereocenters. The van der Waals surface area contributed by atoms with E-state index < -0.39 is 6.10 Å². The first-order valence-corrected chi connectivity index (χ1v) is 8.11. The summed E-state index contributed by atoms with van der Waals surface area (Å²) in [4.78, 5) is 0. The Morgan fingerprint density at radius 3 is 2.75 bits per heavy atom. The largest absolute Gasteiger partial charge is 0.390 e. The number of hydrogen-bond donors (Lipinski definition) is 1. The maximum Gasteiger partial charge on any atom is 0.137 e. The van der Waals surface area contributed by atoms with Gasteiger partial charge in [-0.05, 0) is 36.8 Å². The zero-order valence-corrected chi connectivity index (χ0v) is 13.4. The first kappa shape index (κ1) is 14.9. The van der Waals surface area contributed by atoms with E-state index in [0.29, 0.717) is 6.42 Å². The van der Waals surface area contributed by atoms with Gasteiger partial charge in [0.1, 0.15) is 6.23 Å². The fourth-order valence-electron chi connectivity index (χ4n) is 3.53. The Bertz CT molecular complexity index is 970. The second-order valence-corrected chi connectivity index (χ2v) is 6.23. The highest BCUT2D eigenvalue weighted by Crippen LogP contribution is 2.37. The lowest BCUT2D eigenvalue weighted by Crippen LogP contribution is -2.15. The SMILES string of the molecule is CC1O[C@@H](n2c3ccccc3c3cc(/C=C/C#N)ccc32)C[C@H]1O. The van der Waals surface area contributed by atoms with Crippen molar-refractivity contribution in [3.05, 3.63) is 54.1 Å². The second kappa shape index (κ2) is 5.79. The van der Waals surface area contributed by atoms with Crippen LogP contribution in [0.15, 0.2) is 48.5 Å². The molecule has 4 rings (SSSR count).